The lowest BCUT2D eigenvalue weighted by molar-refractivity contribution is -0.137. The molecule has 1 atom stereocenters. The van der Waals surface area contributed by atoms with E-state index in [0.29, 0.717) is 11.6 Å². The first-order chi connectivity index (χ1) is 8.88. The molecule has 0 bridgehead atoms. The number of carboxylic acids is 1. The van der Waals surface area contributed by atoms with E-state index in [2.05, 4.69) is 5.32 Å². The van der Waals surface area contributed by atoms with E-state index in [9.17, 15) is 9.59 Å². The average Bonchev–Trinajstić information content (AvgIpc) is 2.27. The molecule has 1 unspecified atom stereocenters. The number of halogens is 1. The molecular weight excluding hydrogens is 268 g/mol. The van der Waals surface area contributed by atoms with Gasteiger partial charge in [-0.05, 0) is 24.6 Å². The van der Waals surface area contributed by atoms with E-state index in [1.165, 1.54) is 4.90 Å². The number of carboxylic acid groups (broad SMARTS) is 1. The summed E-state index contributed by atoms with van der Waals surface area (Å²) in [4.78, 5) is 23.8. The van der Waals surface area contributed by atoms with Gasteiger partial charge in [-0.2, -0.15) is 0 Å². The second kappa shape index (κ2) is 6.99. The number of aliphatic carboxylic acids is 1. The molecular formula is C13H17ClN2O3. The number of hydrogen-bond donors (Lipinski definition) is 2. The van der Waals surface area contributed by atoms with E-state index in [0.717, 1.165) is 5.56 Å². The zero-order chi connectivity index (χ0) is 14.4. The molecule has 1 aromatic rings. The van der Waals surface area contributed by atoms with Gasteiger partial charge in [0.15, 0.2) is 0 Å². The molecule has 0 fully saturated rings. The minimum atomic E-state index is -0.940. The number of amides is 2. The third-order valence-corrected chi connectivity index (χ3v) is 2.74. The molecule has 0 aliphatic rings. The van der Waals surface area contributed by atoms with Crippen molar-refractivity contribution >= 4 is 23.6 Å². The van der Waals surface area contributed by atoms with E-state index >= 15 is 0 Å². The number of nitrogens with one attached hydrogen (secondary N) is 1. The quantitative estimate of drug-likeness (QED) is 0.872. The second-order valence-electron chi connectivity index (χ2n) is 4.43. The molecule has 0 spiro atoms. The summed E-state index contributed by atoms with van der Waals surface area (Å²) in [6.07, 6.45) is -0.100. The van der Waals surface area contributed by atoms with E-state index in [4.69, 9.17) is 16.7 Å². The van der Waals surface area contributed by atoms with Gasteiger partial charge < -0.3 is 15.3 Å². The third kappa shape index (κ3) is 5.61. The fourth-order valence-electron chi connectivity index (χ4n) is 1.61. The van der Waals surface area contributed by atoms with Crippen molar-refractivity contribution in [1.29, 1.82) is 0 Å². The van der Waals surface area contributed by atoms with Gasteiger partial charge in [0.2, 0.25) is 0 Å². The largest absolute Gasteiger partial charge is 0.481 e. The predicted octanol–water partition coefficient (Wildman–Crippen LogP) is 2.34. The molecule has 1 aromatic carbocycles. The summed E-state index contributed by atoms with van der Waals surface area (Å²) in [6, 6.07) is 6.51. The Morgan fingerprint density at radius 3 is 2.74 bits per heavy atom. The Morgan fingerprint density at radius 1 is 1.47 bits per heavy atom. The zero-order valence-corrected chi connectivity index (χ0v) is 11.6. The molecule has 2 N–H and O–H groups in total. The van der Waals surface area contributed by atoms with Crippen LogP contribution >= 0.6 is 11.6 Å². The van der Waals surface area contributed by atoms with Crippen molar-refractivity contribution in [3.63, 3.8) is 0 Å². The summed E-state index contributed by atoms with van der Waals surface area (Å²) in [5.74, 6) is -0.940. The molecule has 0 aliphatic carbocycles. The highest BCUT2D eigenvalue weighted by Crippen LogP contribution is 2.12. The molecule has 0 saturated heterocycles. The molecule has 0 aromatic heterocycles. The summed E-state index contributed by atoms with van der Waals surface area (Å²) in [7, 11) is 1.64. The van der Waals surface area contributed by atoms with Gasteiger partial charge in [0, 0.05) is 24.7 Å². The van der Waals surface area contributed by atoms with Crippen LogP contribution in [-0.2, 0) is 11.3 Å². The van der Waals surface area contributed by atoms with Gasteiger partial charge in [-0.15, -0.1) is 0 Å². The van der Waals surface area contributed by atoms with Gasteiger partial charge in [-0.1, -0.05) is 23.7 Å². The standard InChI is InChI=1S/C13H17ClN2O3/c1-9(6-12(17)18)15-13(19)16(2)8-10-4-3-5-11(14)7-10/h3-5,7,9H,6,8H2,1-2H3,(H,15,19)(H,17,18). The van der Waals surface area contributed by atoms with E-state index in [-0.39, 0.29) is 12.5 Å². The SMILES string of the molecule is CC(CC(=O)O)NC(=O)N(C)Cc1cccc(Cl)c1. The van der Waals surface area contributed by atoms with Crippen LogP contribution in [0.2, 0.25) is 5.02 Å². The van der Waals surface area contributed by atoms with Gasteiger partial charge in [0.1, 0.15) is 0 Å². The molecule has 1 rings (SSSR count). The van der Waals surface area contributed by atoms with Gasteiger partial charge >= 0.3 is 12.0 Å². The molecule has 0 aliphatic heterocycles. The minimum Gasteiger partial charge on any atom is -0.481 e. The Bertz CT molecular complexity index is 465. The Balaban J connectivity index is 2.51. The highest BCUT2D eigenvalue weighted by atomic mass is 35.5. The maximum absolute atomic E-state index is 11.8. The number of rotatable bonds is 5. The van der Waals surface area contributed by atoms with Gasteiger partial charge in [-0.25, -0.2) is 4.79 Å². The Kier molecular flexibility index (Phi) is 5.63. The number of carbonyl (C=O) groups excluding carboxylic acids is 1. The number of hydrogen-bond acceptors (Lipinski definition) is 2. The smallest absolute Gasteiger partial charge is 0.317 e. The van der Waals surface area contributed by atoms with Crippen LogP contribution in [-0.4, -0.2) is 35.1 Å². The first-order valence-electron chi connectivity index (χ1n) is 5.86. The van der Waals surface area contributed by atoms with Gasteiger partial charge in [-0.3, -0.25) is 4.79 Å². The van der Waals surface area contributed by atoms with Crippen molar-refractivity contribution in [2.75, 3.05) is 7.05 Å². The van der Waals surface area contributed by atoms with E-state index in [1.54, 1.807) is 26.1 Å². The summed E-state index contributed by atoms with van der Waals surface area (Å²) in [6.45, 7) is 2.06. The van der Waals surface area contributed by atoms with Crippen LogP contribution in [0.1, 0.15) is 18.9 Å². The molecule has 0 saturated carbocycles. The van der Waals surface area contributed by atoms with Gasteiger partial charge in [0.05, 0.1) is 6.42 Å². The molecule has 104 valence electrons. The summed E-state index contributed by atoms with van der Waals surface area (Å²) >= 11 is 5.87. The molecule has 2 amide bonds. The van der Waals surface area contributed by atoms with Crippen LogP contribution in [0.15, 0.2) is 24.3 Å². The maximum Gasteiger partial charge on any atom is 0.317 e. The van der Waals surface area contributed by atoms with Crippen molar-refractivity contribution in [2.24, 2.45) is 0 Å². The van der Waals surface area contributed by atoms with Gasteiger partial charge in [0.25, 0.3) is 0 Å². The minimum absolute atomic E-state index is 0.100. The topological polar surface area (TPSA) is 69.6 Å². The van der Waals surface area contributed by atoms with Crippen molar-refractivity contribution in [3.05, 3.63) is 34.9 Å². The molecule has 5 nitrogen and oxygen atoms in total. The van der Waals surface area contributed by atoms with Crippen LogP contribution in [0.3, 0.4) is 0 Å². The maximum atomic E-state index is 11.8. The summed E-state index contributed by atoms with van der Waals surface area (Å²) < 4.78 is 0. The number of benzene rings is 1. The highest BCUT2D eigenvalue weighted by Gasteiger charge is 2.14. The monoisotopic (exact) mass is 284 g/mol. The molecule has 19 heavy (non-hydrogen) atoms. The lowest BCUT2D eigenvalue weighted by Crippen LogP contribution is -2.42. The molecule has 6 heteroatoms. The normalized spacial score (nSPS) is 11.7. The lowest BCUT2D eigenvalue weighted by atomic mass is 10.2. The predicted molar refractivity (Wildman–Crippen MR) is 73.2 cm³/mol. The third-order valence-electron chi connectivity index (χ3n) is 2.51. The molecule has 0 heterocycles. The van der Waals surface area contributed by atoms with E-state index < -0.39 is 12.0 Å². The number of nitrogens with zero attached hydrogens (tertiary/aromatic N) is 1. The first kappa shape index (κ1) is 15.3. The fourth-order valence-corrected chi connectivity index (χ4v) is 1.83. The first-order valence-corrected chi connectivity index (χ1v) is 6.24. The molecule has 0 radical (unpaired) electrons. The second-order valence-corrected chi connectivity index (χ2v) is 4.87. The number of carbonyl (C=O) groups is 2. The van der Waals surface area contributed by atoms with Crippen molar-refractivity contribution in [2.45, 2.75) is 25.9 Å². The van der Waals surface area contributed by atoms with Crippen LogP contribution in [0, 0.1) is 0 Å². The zero-order valence-electron chi connectivity index (χ0n) is 10.9. The van der Waals surface area contributed by atoms with Crippen LogP contribution < -0.4 is 5.32 Å². The average molecular weight is 285 g/mol. The Labute approximate surface area is 117 Å². The Morgan fingerprint density at radius 2 is 2.16 bits per heavy atom. The lowest BCUT2D eigenvalue weighted by Gasteiger charge is -2.20. The van der Waals surface area contributed by atoms with Crippen LogP contribution in [0.25, 0.3) is 0 Å². The summed E-state index contributed by atoms with van der Waals surface area (Å²) in [5, 5.41) is 11.9. The van der Waals surface area contributed by atoms with Crippen molar-refractivity contribution < 1.29 is 14.7 Å². The van der Waals surface area contributed by atoms with Crippen LogP contribution in [0.5, 0.6) is 0 Å². The van der Waals surface area contributed by atoms with E-state index in [1.807, 2.05) is 12.1 Å². The van der Waals surface area contributed by atoms with Crippen LogP contribution in [0.4, 0.5) is 4.79 Å². The summed E-state index contributed by atoms with van der Waals surface area (Å²) in [5.41, 5.74) is 0.913. The van der Waals surface area contributed by atoms with Crippen molar-refractivity contribution in [3.8, 4) is 0 Å². The highest BCUT2D eigenvalue weighted by molar-refractivity contribution is 6.30. The van der Waals surface area contributed by atoms with Crippen molar-refractivity contribution in [1.82, 2.24) is 10.2 Å². The Hall–Kier alpha value is -1.75. The fraction of sp³-hybridized carbons (Fsp3) is 0.385. The number of urea groups is 1.